The van der Waals surface area contributed by atoms with Gasteiger partial charge >= 0.3 is 6.09 Å². The van der Waals surface area contributed by atoms with Crippen molar-refractivity contribution < 1.29 is 14.3 Å². The second kappa shape index (κ2) is 4.86. The third kappa shape index (κ3) is 2.43. The number of fused-ring (bicyclic) bond motifs is 3. The molecule has 0 aromatic heterocycles. The van der Waals surface area contributed by atoms with Crippen molar-refractivity contribution in [3.63, 3.8) is 0 Å². The molecule has 0 bridgehead atoms. The normalized spacial score (nSPS) is 24.5. The number of nitrogens with zero attached hydrogens (tertiary/aromatic N) is 1. The Morgan fingerprint density at radius 1 is 1.19 bits per heavy atom. The zero-order chi connectivity index (χ0) is 15.2. The molecule has 0 N–H and O–H groups in total. The first kappa shape index (κ1) is 14.1. The van der Waals surface area contributed by atoms with Gasteiger partial charge in [0.25, 0.3) is 0 Å². The molecule has 2 atom stereocenters. The lowest BCUT2D eigenvalue weighted by Crippen LogP contribution is -2.47. The number of rotatable bonds is 0. The molecule has 1 aromatic carbocycles. The Bertz CT molecular complexity index is 588. The van der Waals surface area contributed by atoms with E-state index in [4.69, 9.17) is 4.74 Å². The number of hydrogen-bond donors (Lipinski definition) is 0. The van der Waals surface area contributed by atoms with Gasteiger partial charge in [-0.2, -0.15) is 0 Å². The van der Waals surface area contributed by atoms with Crippen LogP contribution in [0.3, 0.4) is 0 Å². The number of carbonyl (C=O) groups excluding carboxylic acids is 2. The smallest absolute Gasteiger partial charge is 0.421 e. The maximum Gasteiger partial charge on any atom is 0.421 e. The van der Waals surface area contributed by atoms with Crippen LogP contribution in [-0.2, 0) is 9.53 Å². The van der Waals surface area contributed by atoms with Gasteiger partial charge in [-0.15, -0.1) is 0 Å². The SMILES string of the molecule is CC(C)(C)OC(=O)N1C(=O)[C@@H]2CCC[C@@H]2c2ccccc21. The van der Waals surface area contributed by atoms with Crippen molar-refractivity contribution in [2.45, 2.75) is 51.6 Å². The van der Waals surface area contributed by atoms with Gasteiger partial charge in [0.15, 0.2) is 0 Å². The van der Waals surface area contributed by atoms with Gasteiger partial charge in [-0.25, -0.2) is 9.69 Å². The van der Waals surface area contributed by atoms with Gasteiger partial charge in [0.2, 0.25) is 5.91 Å². The summed E-state index contributed by atoms with van der Waals surface area (Å²) in [6.07, 6.45) is 2.36. The van der Waals surface area contributed by atoms with Crippen molar-refractivity contribution in [2.24, 2.45) is 5.92 Å². The summed E-state index contributed by atoms with van der Waals surface area (Å²) in [6, 6.07) is 7.70. The Balaban J connectivity index is 2.02. The first-order chi connectivity index (χ1) is 9.88. The number of amides is 2. The third-order valence-electron chi connectivity index (χ3n) is 4.21. The number of ether oxygens (including phenoxy) is 1. The van der Waals surface area contributed by atoms with E-state index in [0.717, 1.165) is 24.8 Å². The van der Waals surface area contributed by atoms with Crippen LogP contribution in [0.2, 0.25) is 0 Å². The molecular weight excluding hydrogens is 266 g/mol. The number of benzene rings is 1. The summed E-state index contributed by atoms with van der Waals surface area (Å²) in [5.74, 6) is 0.0743. The standard InChI is InChI=1S/C17H21NO3/c1-17(2,3)21-16(20)18-14-10-5-4-7-12(14)11-8-6-9-13(11)15(18)19/h4-5,7,10-11,13H,6,8-9H2,1-3H3/t11-,13-/m1/s1. The minimum absolute atomic E-state index is 0.0765. The summed E-state index contributed by atoms with van der Waals surface area (Å²) < 4.78 is 5.42. The van der Waals surface area contributed by atoms with Gasteiger partial charge in [-0.1, -0.05) is 24.6 Å². The van der Waals surface area contributed by atoms with Crippen LogP contribution in [0.15, 0.2) is 24.3 Å². The van der Waals surface area contributed by atoms with Gasteiger partial charge in [0.1, 0.15) is 5.60 Å². The summed E-state index contributed by atoms with van der Waals surface area (Å²) in [4.78, 5) is 26.4. The third-order valence-corrected chi connectivity index (χ3v) is 4.21. The molecule has 0 unspecified atom stereocenters. The van der Waals surface area contributed by atoms with E-state index in [1.54, 1.807) is 0 Å². The van der Waals surface area contributed by atoms with Crippen molar-refractivity contribution in [1.29, 1.82) is 0 Å². The van der Waals surface area contributed by atoms with Gasteiger partial charge in [-0.05, 0) is 51.2 Å². The van der Waals surface area contributed by atoms with Crippen LogP contribution in [0.4, 0.5) is 10.5 Å². The van der Waals surface area contributed by atoms with Gasteiger partial charge in [0.05, 0.1) is 5.69 Å². The molecule has 112 valence electrons. The lowest BCUT2D eigenvalue weighted by Gasteiger charge is -2.35. The molecule has 2 aliphatic rings. The summed E-state index contributed by atoms with van der Waals surface area (Å²) in [6.45, 7) is 5.43. The fraction of sp³-hybridized carbons (Fsp3) is 0.529. The van der Waals surface area contributed by atoms with E-state index in [9.17, 15) is 9.59 Å². The predicted molar refractivity (Wildman–Crippen MR) is 80.2 cm³/mol. The molecule has 0 radical (unpaired) electrons. The number of imide groups is 1. The molecule has 2 amide bonds. The topological polar surface area (TPSA) is 46.6 Å². The minimum atomic E-state index is -0.612. The zero-order valence-corrected chi connectivity index (χ0v) is 12.8. The Kier molecular flexibility index (Phi) is 3.27. The highest BCUT2D eigenvalue weighted by Gasteiger charge is 2.45. The Labute approximate surface area is 125 Å². The quantitative estimate of drug-likeness (QED) is 0.728. The molecule has 1 fully saturated rings. The highest BCUT2D eigenvalue weighted by molar-refractivity contribution is 6.15. The van der Waals surface area contributed by atoms with Gasteiger partial charge in [0, 0.05) is 5.92 Å². The summed E-state index contributed by atoms with van der Waals surface area (Å²) in [5.41, 5.74) is 1.18. The Morgan fingerprint density at radius 2 is 1.86 bits per heavy atom. The van der Waals surface area contributed by atoms with Crippen LogP contribution in [0, 0.1) is 5.92 Å². The molecule has 1 aliphatic heterocycles. The lowest BCUT2D eigenvalue weighted by atomic mass is 9.83. The molecule has 21 heavy (non-hydrogen) atoms. The van der Waals surface area contributed by atoms with Crippen molar-refractivity contribution in [3.05, 3.63) is 29.8 Å². The summed E-state index contributed by atoms with van der Waals surface area (Å²) in [7, 11) is 0. The maximum absolute atomic E-state index is 12.7. The van der Waals surface area contributed by atoms with Gasteiger partial charge < -0.3 is 4.74 Å². The molecule has 4 nitrogen and oxygen atoms in total. The molecule has 1 saturated carbocycles. The van der Waals surface area contributed by atoms with Crippen molar-refractivity contribution >= 4 is 17.7 Å². The Morgan fingerprint density at radius 3 is 2.57 bits per heavy atom. The molecule has 1 aromatic rings. The molecule has 1 heterocycles. The fourth-order valence-electron chi connectivity index (χ4n) is 3.41. The Hall–Kier alpha value is -1.84. The summed E-state index contributed by atoms with van der Waals surface area (Å²) in [5, 5.41) is 0. The zero-order valence-electron chi connectivity index (χ0n) is 12.8. The number of para-hydroxylation sites is 1. The van der Waals surface area contributed by atoms with Crippen molar-refractivity contribution in [1.82, 2.24) is 0 Å². The second-order valence-electron chi connectivity index (χ2n) is 6.86. The van der Waals surface area contributed by atoms with E-state index in [1.807, 2.05) is 45.0 Å². The fourth-order valence-corrected chi connectivity index (χ4v) is 3.41. The average Bonchev–Trinajstić information content (AvgIpc) is 2.86. The van der Waals surface area contributed by atoms with Crippen molar-refractivity contribution in [2.75, 3.05) is 4.90 Å². The molecule has 0 saturated heterocycles. The van der Waals surface area contributed by atoms with E-state index < -0.39 is 11.7 Å². The van der Waals surface area contributed by atoms with E-state index in [-0.39, 0.29) is 17.7 Å². The monoisotopic (exact) mass is 287 g/mol. The van der Waals surface area contributed by atoms with Crippen molar-refractivity contribution in [3.8, 4) is 0 Å². The predicted octanol–water partition coefficient (Wildman–Crippen LogP) is 3.85. The first-order valence-corrected chi connectivity index (χ1v) is 7.54. The number of hydrogen-bond acceptors (Lipinski definition) is 3. The second-order valence-corrected chi connectivity index (χ2v) is 6.86. The lowest BCUT2D eigenvalue weighted by molar-refractivity contribution is -0.122. The van der Waals surface area contributed by atoms with Crippen LogP contribution in [0.5, 0.6) is 0 Å². The highest BCUT2D eigenvalue weighted by atomic mass is 16.6. The van der Waals surface area contributed by atoms with E-state index >= 15 is 0 Å². The average molecular weight is 287 g/mol. The van der Waals surface area contributed by atoms with Crippen LogP contribution in [0.25, 0.3) is 0 Å². The van der Waals surface area contributed by atoms with Crippen LogP contribution >= 0.6 is 0 Å². The van der Waals surface area contributed by atoms with Crippen LogP contribution in [0.1, 0.15) is 51.5 Å². The molecule has 3 rings (SSSR count). The highest BCUT2D eigenvalue weighted by Crippen LogP contribution is 2.48. The molecule has 1 aliphatic carbocycles. The van der Waals surface area contributed by atoms with Crippen LogP contribution in [-0.4, -0.2) is 17.6 Å². The maximum atomic E-state index is 12.7. The largest absolute Gasteiger partial charge is 0.443 e. The summed E-state index contributed by atoms with van der Waals surface area (Å²) >= 11 is 0. The van der Waals surface area contributed by atoms with E-state index in [0.29, 0.717) is 5.69 Å². The number of carbonyl (C=O) groups is 2. The minimum Gasteiger partial charge on any atom is -0.443 e. The van der Waals surface area contributed by atoms with E-state index in [2.05, 4.69) is 0 Å². The molecular formula is C17H21NO3. The molecule has 4 heteroatoms. The number of anilines is 1. The van der Waals surface area contributed by atoms with Gasteiger partial charge in [-0.3, -0.25) is 4.79 Å². The van der Waals surface area contributed by atoms with Crippen LogP contribution < -0.4 is 4.90 Å². The molecule has 0 spiro atoms. The van der Waals surface area contributed by atoms with E-state index in [1.165, 1.54) is 4.90 Å². The first-order valence-electron chi connectivity index (χ1n) is 7.54.